The van der Waals surface area contributed by atoms with Crippen LogP contribution in [0.1, 0.15) is 50.6 Å². The average molecular weight is 535 g/mol. The highest BCUT2D eigenvalue weighted by molar-refractivity contribution is 14.0. The van der Waals surface area contributed by atoms with E-state index in [2.05, 4.69) is 53.5 Å². The Bertz CT molecular complexity index is 943. The first-order valence-corrected chi connectivity index (χ1v) is 10.6. The quantitative estimate of drug-likeness (QED) is 0.242. The van der Waals surface area contributed by atoms with Crippen molar-refractivity contribution in [3.8, 4) is 0 Å². The van der Waals surface area contributed by atoms with Crippen LogP contribution in [0.3, 0.4) is 0 Å². The molecule has 0 spiro atoms. The minimum atomic E-state index is -0.632. The van der Waals surface area contributed by atoms with Crippen LogP contribution in [-0.2, 0) is 11.8 Å². The summed E-state index contributed by atoms with van der Waals surface area (Å²) in [5.41, 5.74) is 4.22. The molecular formula is C24H34IN5O. The molecule has 31 heavy (non-hydrogen) atoms. The molecule has 168 valence electrons. The van der Waals surface area contributed by atoms with Crippen LogP contribution in [0.4, 0.5) is 0 Å². The van der Waals surface area contributed by atoms with E-state index in [-0.39, 0.29) is 29.4 Å². The number of benzene rings is 1. The molecule has 0 saturated carbocycles. The number of aliphatic hydroxyl groups excluding tert-OH is 1. The fourth-order valence-electron chi connectivity index (χ4n) is 3.25. The monoisotopic (exact) mass is 535 g/mol. The normalized spacial score (nSPS) is 13.0. The zero-order valence-corrected chi connectivity index (χ0v) is 21.1. The molecule has 0 aliphatic rings. The first kappa shape index (κ1) is 25.1. The number of halogens is 1. The zero-order chi connectivity index (χ0) is 21.6. The van der Waals surface area contributed by atoms with Gasteiger partial charge in [-0.15, -0.1) is 24.0 Å². The van der Waals surface area contributed by atoms with Crippen LogP contribution in [0.25, 0.3) is 5.65 Å². The van der Waals surface area contributed by atoms with Crippen molar-refractivity contribution in [3.05, 3.63) is 71.7 Å². The van der Waals surface area contributed by atoms with Crippen molar-refractivity contribution >= 4 is 35.6 Å². The predicted octanol–water partition coefficient (Wildman–Crippen LogP) is 4.08. The molecule has 0 radical (unpaired) electrons. The van der Waals surface area contributed by atoms with Gasteiger partial charge in [-0.25, -0.2) is 4.98 Å². The molecule has 1 unspecified atom stereocenters. The Morgan fingerprint density at radius 3 is 2.52 bits per heavy atom. The average Bonchev–Trinajstić information content (AvgIpc) is 3.14. The number of nitrogens with one attached hydrogen (secondary N) is 2. The molecule has 0 aliphatic heterocycles. The highest BCUT2D eigenvalue weighted by atomic mass is 127. The summed E-state index contributed by atoms with van der Waals surface area (Å²) in [7, 11) is 0. The van der Waals surface area contributed by atoms with Crippen LogP contribution < -0.4 is 10.6 Å². The predicted molar refractivity (Wildman–Crippen MR) is 138 cm³/mol. The van der Waals surface area contributed by atoms with Crippen molar-refractivity contribution in [2.24, 2.45) is 4.99 Å². The maximum atomic E-state index is 10.5. The second-order valence-corrected chi connectivity index (χ2v) is 8.48. The van der Waals surface area contributed by atoms with Crippen LogP contribution in [0.5, 0.6) is 0 Å². The molecule has 3 N–H and O–H groups in total. The Kier molecular flexibility index (Phi) is 9.31. The Balaban J connectivity index is 0.00000341. The minimum Gasteiger partial charge on any atom is -0.386 e. The van der Waals surface area contributed by atoms with Crippen LogP contribution in [0.2, 0.25) is 0 Å². The van der Waals surface area contributed by atoms with Crippen LogP contribution in [-0.4, -0.2) is 40.1 Å². The summed E-state index contributed by atoms with van der Waals surface area (Å²) in [5.74, 6) is 0.701. The molecule has 0 fully saturated rings. The Morgan fingerprint density at radius 1 is 1.13 bits per heavy atom. The first-order chi connectivity index (χ1) is 14.4. The molecule has 3 aromatic rings. The molecular weight excluding hydrogens is 501 g/mol. The van der Waals surface area contributed by atoms with E-state index in [1.165, 1.54) is 5.56 Å². The third-order valence-corrected chi connectivity index (χ3v) is 5.02. The van der Waals surface area contributed by atoms with E-state index in [1.54, 1.807) is 0 Å². The highest BCUT2D eigenvalue weighted by Crippen LogP contribution is 2.24. The van der Waals surface area contributed by atoms with Crippen LogP contribution >= 0.6 is 24.0 Å². The number of hydrogen-bond acceptors (Lipinski definition) is 3. The van der Waals surface area contributed by atoms with Gasteiger partial charge < -0.3 is 20.1 Å². The Morgan fingerprint density at radius 2 is 1.87 bits per heavy atom. The second kappa shape index (κ2) is 11.5. The van der Waals surface area contributed by atoms with E-state index in [0.717, 1.165) is 29.9 Å². The third kappa shape index (κ3) is 7.21. The van der Waals surface area contributed by atoms with Gasteiger partial charge in [-0.1, -0.05) is 51.1 Å². The number of rotatable bonds is 7. The van der Waals surface area contributed by atoms with Gasteiger partial charge in [0.2, 0.25) is 0 Å². The second-order valence-electron chi connectivity index (χ2n) is 8.48. The van der Waals surface area contributed by atoms with E-state index in [1.807, 2.05) is 54.0 Å². The van der Waals surface area contributed by atoms with Crippen molar-refractivity contribution in [2.45, 2.75) is 45.6 Å². The smallest absolute Gasteiger partial charge is 0.191 e. The summed E-state index contributed by atoms with van der Waals surface area (Å²) >= 11 is 0. The fourth-order valence-corrected chi connectivity index (χ4v) is 3.25. The molecule has 0 saturated heterocycles. The van der Waals surface area contributed by atoms with Crippen molar-refractivity contribution < 1.29 is 5.11 Å². The van der Waals surface area contributed by atoms with E-state index >= 15 is 0 Å². The number of fused-ring (bicyclic) bond motifs is 1. The number of pyridine rings is 1. The summed E-state index contributed by atoms with van der Waals surface area (Å²) in [6.07, 6.45) is 4.21. The molecule has 2 aromatic heterocycles. The molecule has 0 aliphatic carbocycles. The molecule has 3 rings (SSSR count). The van der Waals surface area contributed by atoms with Crippen molar-refractivity contribution in [1.29, 1.82) is 0 Å². The molecule has 1 aromatic carbocycles. The van der Waals surface area contributed by atoms with E-state index in [4.69, 9.17) is 0 Å². The Hall–Kier alpha value is -2.13. The number of guanidine groups is 1. The number of aromatic nitrogens is 2. The minimum absolute atomic E-state index is 0. The SMILES string of the molecule is CCNC(=NCC(O)c1ccc(C(C)(C)C)cc1)NCCc1cn2ccccc2n1.I. The van der Waals surface area contributed by atoms with E-state index < -0.39 is 6.10 Å². The van der Waals surface area contributed by atoms with Gasteiger partial charge in [0.05, 0.1) is 18.3 Å². The van der Waals surface area contributed by atoms with Gasteiger partial charge in [-0.2, -0.15) is 0 Å². The van der Waals surface area contributed by atoms with Gasteiger partial charge in [0.1, 0.15) is 5.65 Å². The van der Waals surface area contributed by atoms with Crippen molar-refractivity contribution in [2.75, 3.05) is 19.6 Å². The fraction of sp³-hybridized carbons (Fsp3) is 0.417. The van der Waals surface area contributed by atoms with E-state index in [9.17, 15) is 5.11 Å². The Labute approximate surface area is 202 Å². The van der Waals surface area contributed by atoms with Gasteiger partial charge in [0.15, 0.2) is 5.96 Å². The molecule has 0 bridgehead atoms. The van der Waals surface area contributed by atoms with Gasteiger partial charge >= 0.3 is 0 Å². The number of nitrogens with zero attached hydrogens (tertiary/aromatic N) is 3. The lowest BCUT2D eigenvalue weighted by Gasteiger charge is -2.20. The summed E-state index contributed by atoms with van der Waals surface area (Å²) in [4.78, 5) is 9.17. The summed E-state index contributed by atoms with van der Waals surface area (Å²) < 4.78 is 2.02. The molecule has 1 atom stereocenters. The lowest BCUT2D eigenvalue weighted by molar-refractivity contribution is 0.187. The lowest BCUT2D eigenvalue weighted by Crippen LogP contribution is -2.38. The molecule has 0 amide bonds. The van der Waals surface area contributed by atoms with Crippen molar-refractivity contribution in [3.63, 3.8) is 0 Å². The third-order valence-electron chi connectivity index (χ3n) is 5.02. The largest absolute Gasteiger partial charge is 0.386 e. The lowest BCUT2D eigenvalue weighted by atomic mass is 9.86. The number of hydrogen-bond donors (Lipinski definition) is 3. The number of imidazole rings is 1. The maximum Gasteiger partial charge on any atom is 0.191 e. The van der Waals surface area contributed by atoms with Crippen LogP contribution in [0, 0.1) is 0 Å². The van der Waals surface area contributed by atoms with Crippen LogP contribution in [0.15, 0.2) is 59.9 Å². The molecule has 7 heteroatoms. The first-order valence-electron chi connectivity index (χ1n) is 10.6. The number of aliphatic hydroxyl groups is 1. The number of aliphatic imine (C=N–C) groups is 1. The van der Waals surface area contributed by atoms with Crippen molar-refractivity contribution in [1.82, 2.24) is 20.0 Å². The standard InChI is InChI=1S/C24H33N5O.HI/c1-5-25-23(26-14-13-20-17-29-15-7-6-8-22(29)28-20)27-16-21(30)18-9-11-19(12-10-18)24(2,3)4;/h6-12,15,17,21,30H,5,13-14,16H2,1-4H3,(H2,25,26,27);1H. The molecule has 2 heterocycles. The maximum absolute atomic E-state index is 10.5. The molecule has 6 nitrogen and oxygen atoms in total. The van der Waals surface area contributed by atoms with E-state index in [0.29, 0.717) is 19.0 Å². The van der Waals surface area contributed by atoms with Gasteiger partial charge in [0, 0.05) is 31.9 Å². The summed E-state index contributed by atoms with van der Waals surface area (Å²) in [6, 6.07) is 14.1. The van der Waals surface area contributed by atoms with Gasteiger partial charge in [0.25, 0.3) is 0 Å². The zero-order valence-electron chi connectivity index (χ0n) is 18.8. The summed E-state index contributed by atoms with van der Waals surface area (Å²) in [6.45, 7) is 10.4. The topological polar surface area (TPSA) is 74.0 Å². The van der Waals surface area contributed by atoms with Gasteiger partial charge in [-0.3, -0.25) is 4.99 Å². The summed E-state index contributed by atoms with van der Waals surface area (Å²) in [5, 5.41) is 17.1. The highest BCUT2D eigenvalue weighted by Gasteiger charge is 2.14. The van der Waals surface area contributed by atoms with Gasteiger partial charge in [-0.05, 0) is 35.6 Å².